The van der Waals surface area contributed by atoms with E-state index in [1.807, 2.05) is 24.6 Å². The third-order valence-electron chi connectivity index (χ3n) is 1.60. The average Bonchev–Trinajstić information content (AvgIpc) is 2.33. The van der Waals surface area contributed by atoms with Crippen LogP contribution in [0.15, 0.2) is 18.5 Å². The van der Waals surface area contributed by atoms with Crippen LogP contribution >= 0.6 is 0 Å². The minimum Gasteiger partial charge on any atom is -0.366 e. The average molecular weight is 152 g/mol. The molecule has 2 N–H and O–H groups in total. The number of carbonyl (C=O) groups excluding carboxylic acids is 1. The Balaban J connectivity index is 2.90. The second-order valence-electron chi connectivity index (χ2n) is 2.81. The van der Waals surface area contributed by atoms with Crippen LogP contribution in [0.4, 0.5) is 0 Å². The number of amides is 1. The highest BCUT2D eigenvalue weighted by Crippen LogP contribution is 2.07. The van der Waals surface area contributed by atoms with Crippen LogP contribution in [0.1, 0.15) is 30.2 Å². The number of rotatable bonds is 2. The number of nitrogens with zero attached hydrogens (tertiary/aromatic N) is 1. The summed E-state index contributed by atoms with van der Waals surface area (Å²) in [5, 5.41) is 0. The molecule has 0 spiro atoms. The summed E-state index contributed by atoms with van der Waals surface area (Å²) in [5.74, 6) is -0.371. The highest BCUT2D eigenvalue weighted by Gasteiger charge is 2.03. The molecule has 3 nitrogen and oxygen atoms in total. The molecule has 0 aliphatic carbocycles. The quantitative estimate of drug-likeness (QED) is 0.679. The van der Waals surface area contributed by atoms with Gasteiger partial charge in [0.1, 0.15) is 0 Å². The molecule has 1 aromatic heterocycles. The predicted molar refractivity (Wildman–Crippen MR) is 43.3 cm³/mol. The van der Waals surface area contributed by atoms with Crippen molar-refractivity contribution in [2.24, 2.45) is 5.73 Å². The first-order chi connectivity index (χ1) is 5.11. The van der Waals surface area contributed by atoms with Crippen molar-refractivity contribution in [1.29, 1.82) is 0 Å². The summed E-state index contributed by atoms with van der Waals surface area (Å²) in [6.07, 6.45) is 3.61. The first-order valence-corrected chi connectivity index (χ1v) is 3.58. The fraction of sp³-hybridized carbons (Fsp3) is 0.375. The summed E-state index contributed by atoms with van der Waals surface area (Å²) in [6.45, 7) is 4.09. The van der Waals surface area contributed by atoms with Gasteiger partial charge in [-0.1, -0.05) is 0 Å². The molecule has 1 aromatic rings. The Morgan fingerprint density at radius 1 is 1.64 bits per heavy atom. The molecule has 0 aliphatic heterocycles. The van der Waals surface area contributed by atoms with Gasteiger partial charge in [-0.15, -0.1) is 0 Å². The zero-order valence-corrected chi connectivity index (χ0v) is 6.74. The number of hydrogen-bond acceptors (Lipinski definition) is 1. The van der Waals surface area contributed by atoms with E-state index in [4.69, 9.17) is 5.73 Å². The summed E-state index contributed by atoms with van der Waals surface area (Å²) in [7, 11) is 0. The highest BCUT2D eigenvalue weighted by molar-refractivity contribution is 5.92. The molecule has 0 fully saturated rings. The Hall–Kier alpha value is -1.25. The van der Waals surface area contributed by atoms with E-state index in [1.165, 1.54) is 0 Å². The van der Waals surface area contributed by atoms with Crippen molar-refractivity contribution in [2.75, 3.05) is 0 Å². The molecule has 1 amide bonds. The van der Waals surface area contributed by atoms with Crippen molar-refractivity contribution in [3.8, 4) is 0 Å². The van der Waals surface area contributed by atoms with Crippen LogP contribution in [0.25, 0.3) is 0 Å². The number of nitrogens with two attached hydrogens (primary N) is 1. The third-order valence-corrected chi connectivity index (χ3v) is 1.60. The molecule has 0 atom stereocenters. The monoisotopic (exact) mass is 152 g/mol. The highest BCUT2D eigenvalue weighted by atomic mass is 16.1. The van der Waals surface area contributed by atoms with Gasteiger partial charge >= 0.3 is 0 Å². The maximum Gasteiger partial charge on any atom is 0.250 e. The first kappa shape index (κ1) is 7.85. The molecule has 1 heterocycles. The van der Waals surface area contributed by atoms with E-state index < -0.39 is 0 Å². The van der Waals surface area contributed by atoms with Gasteiger partial charge in [0.05, 0.1) is 5.56 Å². The summed E-state index contributed by atoms with van der Waals surface area (Å²) >= 11 is 0. The van der Waals surface area contributed by atoms with Crippen molar-refractivity contribution in [2.45, 2.75) is 19.9 Å². The van der Waals surface area contributed by atoms with E-state index in [2.05, 4.69) is 0 Å². The molecule has 0 bridgehead atoms. The maximum absolute atomic E-state index is 10.6. The summed E-state index contributed by atoms with van der Waals surface area (Å²) in [6, 6.07) is 2.10. The van der Waals surface area contributed by atoms with E-state index in [9.17, 15) is 4.79 Å². The fourth-order valence-corrected chi connectivity index (χ4v) is 0.880. The molecular weight excluding hydrogens is 140 g/mol. The van der Waals surface area contributed by atoms with E-state index >= 15 is 0 Å². The number of aromatic nitrogens is 1. The molecule has 1 rings (SSSR count). The Morgan fingerprint density at radius 2 is 2.27 bits per heavy atom. The van der Waals surface area contributed by atoms with Gasteiger partial charge in [-0.2, -0.15) is 0 Å². The molecule has 0 aliphatic rings. The Kier molecular flexibility index (Phi) is 1.98. The van der Waals surface area contributed by atoms with Gasteiger partial charge in [0, 0.05) is 18.4 Å². The molecule has 0 radical (unpaired) electrons. The SMILES string of the molecule is CC(C)n1ccc(C(N)=O)c1. The predicted octanol–water partition coefficient (Wildman–Crippen LogP) is 1.17. The number of carbonyl (C=O) groups is 1. The van der Waals surface area contributed by atoms with Crippen molar-refractivity contribution in [1.82, 2.24) is 4.57 Å². The lowest BCUT2D eigenvalue weighted by atomic mass is 10.3. The van der Waals surface area contributed by atoms with Crippen LogP contribution in [0, 0.1) is 0 Å². The van der Waals surface area contributed by atoms with Gasteiger partial charge in [-0.3, -0.25) is 4.79 Å². The van der Waals surface area contributed by atoms with Crippen LogP contribution in [-0.4, -0.2) is 10.5 Å². The second kappa shape index (κ2) is 2.78. The summed E-state index contributed by atoms with van der Waals surface area (Å²) < 4.78 is 1.94. The molecular formula is C8H12N2O. The molecule has 3 heteroatoms. The number of primary amides is 1. The molecule has 0 unspecified atom stereocenters. The topological polar surface area (TPSA) is 48.0 Å². The Morgan fingerprint density at radius 3 is 2.55 bits per heavy atom. The number of hydrogen-bond donors (Lipinski definition) is 1. The van der Waals surface area contributed by atoms with Crippen molar-refractivity contribution in [3.63, 3.8) is 0 Å². The second-order valence-corrected chi connectivity index (χ2v) is 2.81. The van der Waals surface area contributed by atoms with Crippen LogP contribution in [0.3, 0.4) is 0 Å². The van der Waals surface area contributed by atoms with Gasteiger partial charge in [0.25, 0.3) is 0 Å². The molecule has 60 valence electrons. The van der Waals surface area contributed by atoms with Crippen LogP contribution < -0.4 is 5.73 Å². The normalized spacial score (nSPS) is 10.5. The van der Waals surface area contributed by atoms with Crippen LogP contribution in [0.2, 0.25) is 0 Å². The van der Waals surface area contributed by atoms with Crippen LogP contribution in [-0.2, 0) is 0 Å². The van der Waals surface area contributed by atoms with Gasteiger partial charge in [-0.05, 0) is 19.9 Å². The maximum atomic E-state index is 10.6. The lowest BCUT2D eigenvalue weighted by molar-refractivity contribution is 0.100. The lowest BCUT2D eigenvalue weighted by Crippen LogP contribution is -2.09. The third kappa shape index (κ3) is 1.61. The van der Waals surface area contributed by atoms with Crippen molar-refractivity contribution < 1.29 is 4.79 Å². The first-order valence-electron chi connectivity index (χ1n) is 3.58. The van der Waals surface area contributed by atoms with Crippen molar-refractivity contribution >= 4 is 5.91 Å². The lowest BCUT2D eigenvalue weighted by Gasteiger charge is -2.04. The van der Waals surface area contributed by atoms with E-state index in [1.54, 1.807) is 12.3 Å². The molecule has 11 heavy (non-hydrogen) atoms. The minimum atomic E-state index is -0.371. The van der Waals surface area contributed by atoms with Gasteiger partial charge in [0.2, 0.25) is 5.91 Å². The van der Waals surface area contributed by atoms with Gasteiger partial charge in [0.15, 0.2) is 0 Å². The summed E-state index contributed by atoms with van der Waals surface area (Å²) in [4.78, 5) is 10.6. The minimum absolute atomic E-state index is 0.371. The van der Waals surface area contributed by atoms with Crippen LogP contribution in [0.5, 0.6) is 0 Å². The van der Waals surface area contributed by atoms with Crippen molar-refractivity contribution in [3.05, 3.63) is 24.0 Å². The molecule has 0 aromatic carbocycles. The van der Waals surface area contributed by atoms with E-state index in [-0.39, 0.29) is 5.91 Å². The largest absolute Gasteiger partial charge is 0.366 e. The smallest absolute Gasteiger partial charge is 0.250 e. The Bertz CT molecular complexity index is 263. The molecule has 0 saturated heterocycles. The standard InChI is InChI=1S/C8H12N2O/c1-6(2)10-4-3-7(5-10)8(9)11/h3-6H,1-2H3,(H2,9,11). The Labute approximate surface area is 65.8 Å². The zero-order valence-electron chi connectivity index (χ0n) is 6.74. The summed E-state index contributed by atoms with van der Waals surface area (Å²) in [5.41, 5.74) is 5.64. The van der Waals surface area contributed by atoms with Gasteiger partial charge in [-0.25, -0.2) is 0 Å². The van der Waals surface area contributed by atoms with Gasteiger partial charge < -0.3 is 10.3 Å². The molecule has 0 saturated carbocycles. The fourth-order valence-electron chi connectivity index (χ4n) is 0.880. The van der Waals surface area contributed by atoms with E-state index in [0.29, 0.717) is 11.6 Å². The zero-order chi connectivity index (χ0) is 8.43. The van der Waals surface area contributed by atoms with E-state index in [0.717, 1.165) is 0 Å².